The highest BCUT2D eigenvalue weighted by atomic mass is 79.9. The molecule has 0 aliphatic heterocycles. The van der Waals surface area contributed by atoms with Gasteiger partial charge in [0.25, 0.3) is 11.6 Å². The van der Waals surface area contributed by atoms with Crippen LogP contribution in [-0.2, 0) is 6.61 Å². The molecule has 3 aromatic rings. The fourth-order valence-electron chi connectivity index (χ4n) is 2.77. The van der Waals surface area contributed by atoms with E-state index >= 15 is 0 Å². The largest absolute Gasteiger partial charge is 0.490 e. The Hall–Kier alpha value is -3.24. The Bertz CT molecular complexity index is 1170. The van der Waals surface area contributed by atoms with Gasteiger partial charge in [0.05, 0.1) is 22.2 Å². The van der Waals surface area contributed by atoms with Crippen molar-refractivity contribution in [1.29, 1.82) is 0 Å². The highest BCUT2D eigenvalue weighted by molar-refractivity contribution is 9.10. The SMILES string of the molecule is CCOc1cc(/C=N/NC(=O)c2ccc([N+](=O)[O-])cc2)cc(Br)c1OCc1ccc(Br)cc1. The second-order valence-electron chi connectivity index (χ2n) is 6.68. The highest BCUT2D eigenvalue weighted by Crippen LogP contribution is 2.37. The van der Waals surface area contributed by atoms with E-state index in [4.69, 9.17) is 9.47 Å². The molecule has 8 nitrogen and oxygen atoms in total. The van der Waals surface area contributed by atoms with Crippen LogP contribution in [-0.4, -0.2) is 23.7 Å². The quantitative estimate of drug-likeness (QED) is 0.195. The van der Waals surface area contributed by atoms with Crippen molar-refractivity contribution in [2.24, 2.45) is 5.10 Å². The van der Waals surface area contributed by atoms with Gasteiger partial charge < -0.3 is 9.47 Å². The first-order valence-corrected chi connectivity index (χ1v) is 11.4. The lowest BCUT2D eigenvalue weighted by Crippen LogP contribution is -2.17. The van der Waals surface area contributed by atoms with Crippen LogP contribution in [0.25, 0.3) is 0 Å². The summed E-state index contributed by atoms with van der Waals surface area (Å²) in [5.74, 6) is 0.610. The van der Waals surface area contributed by atoms with Gasteiger partial charge in [-0.05, 0) is 70.4 Å². The molecule has 0 saturated heterocycles. The minimum Gasteiger partial charge on any atom is -0.490 e. The first kappa shape index (κ1) is 24.4. The maximum atomic E-state index is 12.2. The predicted octanol–water partition coefficient (Wildman–Crippen LogP) is 5.86. The average Bonchev–Trinajstić information content (AvgIpc) is 2.80. The average molecular weight is 577 g/mol. The van der Waals surface area contributed by atoms with Crippen molar-refractivity contribution in [1.82, 2.24) is 5.43 Å². The third-order valence-electron chi connectivity index (χ3n) is 4.35. The van der Waals surface area contributed by atoms with Crippen molar-refractivity contribution >= 4 is 49.7 Å². The Kier molecular flexibility index (Phi) is 8.56. The van der Waals surface area contributed by atoms with Crippen LogP contribution in [0.15, 0.2) is 74.7 Å². The summed E-state index contributed by atoms with van der Waals surface area (Å²) in [6.07, 6.45) is 1.47. The summed E-state index contributed by atoms with van der Waals surface area (Å²) < 4.78 is 13.4. The summed E-state index contributed by atoms with van der Waals surface area (Å²) in [6.45, 7) is 2.68. The molecule has 0 aliphatic carbocycles. The van der Waals surface area contributed by atoms with Crippen LogP contribution in [0.3, 0.4) is 0 Å². The molecule has 0 saturated carbocycles. The second kappa shape index (κ2) is 11.6. The molecule has 1 N–H and O–H groups in total. The number of hydrogen-bond acceptors (Lipinski definition) is 6. The molecule has 0 unspecified atom stereocenters. The Balaban J connectivity index is 1.69. The maximum Gasteiger partial charge on any atom is 0.271 e. The Labute approximate surface area is 207 Å². The van der Waals surface area contributed by atoms with Crippen LogP contribution < -0.4 is 14.9 Å². The number of nitrogens with zero attached hydrogens (tertiary/aromatic N) is 2. The molecule has 0 aromatic heterocycles. The molecule has 0 aliphatic rings. The number of benzene rings is 3. The third kappa shape index (κ3) is 6.87. The van der Waals surface area contributed by atoms with Gasteiger partial charge in [0.2, 0.25) is 0 Å². The van der Waals surface area contributed by atoms with Crippen LogP contribution in [0, 0.1) is 10.1 Å². The molecule has 1 amide bonds. The number of amides is 1. The van der Waals surface area contributed by atoms with Crippen molar-refractivity contribution in [3.63, 3.8) is 0 Å². The zero-order valence-corrected chi connectivity index (χ0v) is 20.6. The number of carbonyl (C=O) groups is 1. The zero-order chi connectivity index (χ0) is 23.8. The number of halogens is 2. The van der Waals surface area contributed by atoms with Gasteiger partial charge in [-0.15, -0.1) is 0 Å². The van der Waals surface area contributed by atoms with Gasteiger partial charge in [0.15, 0.2) is 11.5 Å². The Morgan fingerprint density at radius 3 is 2.42 bits per heavy atom. The summed E-state index contributed by atoms with van der Waals surface area (Å²) >= 11 is 6.93. The van der Waals surface area contributed by atoms with Crippen molar-refractivity contribution in [3.05, 3.63) is 96.4 Å². The van der Waals surface area contributed by atoms with E-state index in [0.29, 0.717) is 34.7 Å². The number of hydrazone groups is 1. The molecular weight excluding hydrogens is 558 g/mol. The molecule has 0 atom stereocenters. The van der Waals surface area contributed by atoms with Crippen LogP contribution in [0.5, 0.6) is 11.5 Å². The van der Waals surface area contributed by atoms with Crippen LogP contribution in [0.2, 0.25) is 0 Å². The van der Waals surface area contributed by atoms with Crippen LogP contribution in [0.1, 0.15) is 28.4 Å². The molecule has 0 fully saturated rings. The van der Waals surface area contributed by atoms with E-state index in [-0.39, 0.29) is 11.3 Å². The van der Waals surface area contributed by atoms with E-state index in [2.05, 4.69) is 42.4 Å². The first-order valence-electron chi connectivity index (χ1n) is 9.79. The molecule has 0 heterocycles. The van der Waals surface area contributed by atoms with E-state index in [1.165, 1.54) is 30.5 Å². The van der Waals surface area contributed by atoms with Gasteiger partial charge in [-0.25, -0.2) is 5.43 Å². The van der Waals surface area contributed by atoms with Crippen molar-refractivity contribution in [2.45, 2.75) is 13.5 Å². The molecule has 170 valence electrons. The molecule has 33 heavy (non-hydrogen) atoms. The smallest absolute Gasteiger partial charge is 0.271 e. The summed E-state index contributed by atoms with van der Waals surface area (Å²) in [6, 6.07) is 16.6. The van der Waals surface area contributed by atoms with Gasteiger partial charge in [0, 0.05) is 22.2 Å². The van der Waals surface area contributed by atoms with Gasteiger partial charge >= 0.3 is 0 Å². The lowest BCUT2D eigenvalue weighted by molar-refractivity contribution is -0.384. The first-order chi connectivity index (χ1) is 15.9. The van der Waals surface area contributed by atoms with E-state index in [0.717, 1.165) is 10.0 Å². The maximum absolute atomic E-state index is 12.2. The lowest BCUT2D eigenvalue weighted by Gasteiger charge is -2.14. The summed E-state index contributed by atoms with van der Waals surface area (Å²) in [7, 11) is 0. The number of ether oxygens (including phenoxy) is 2. The molecule has 0 bridgehead atoms. The second-order valence-corrected chi connectivity index (χ2v) is 8.45. The normalized spacial score (nSPS) is 10.8. The van der Waals surface area contributed by atoms with Crippen LogP contribution >= 0.6 is 31.9 Å². The molecule has 0 radical (unpaired) electrons. The van der Waals surface area contributed by atoms with E-state index in [1.54, 1.807) is 12.1 Å². The third-order valence-corrected chi connectivity index (χ3v) is 5.47. The number of hydrogen-bond donors (Lipinski definition) is 1. The Morgan fingerprint density at radius 1 is 1.09 bits per heavy atom. The van der Waals surface area contributed by atoms with Gasteiger partial charge in [-0.3, -0.25) is 14.9 Å². The standard InChI is InChI=1S/C23H19Br2N3O5/c1-2-32-21-12-16(11-20(25)22(21)33-14-15-3-7-18(24)8-4-15)13-26-27-23(29)17-5-9-19(10-6-17)28(30)31/h3-13H,2,14H2,1H3,(H,27,29)/b26-13+. The van der Waals surface area contributed by atoms with Crippen molar-refractivity contribution in [3.8, 4) is 11.5 Å². The summed E-state index contributed by atoms with van der Waals surface area (Å²) in [5, 5.41) is 14.7. The topological polar surface area (TPSA) is 103 Å². The molecule has 3 rings (SSSR count). The fraction of sp³-hybridized carbons (Fsp3) is 0.130. The molecule has 0 spiro atoms. The monoisotopic (exact) mass is 575 g/mol. The van der Waals surface area contributed by atoms with E-state index < -0.39 is 10.8 Å². The van der Waals surface area contributed by atoms with E-state index in [1.807, 2.05) is 31.2 Å². The van der Waals surface area contributed by atoms with Crippen LogP contribution in [0.4, 0.5) is 5.69 Å². The van der Waals surface area contributed by atoms with Gasteiger partial charge in [-0.1, -0.05) is 28.1 Å². The number of nitro groups is 1. The Morgan fingerprint density at radius 2 is 1.79 bits per heavy atom. The summed E-state index contributed by atoms with van der Waals surface area (Å²) in [5.41, 5.74) is 4.24. The number of nitro benzene ring substituents is 1. The predicted molar refractivity (Wildman–Crippen MR) is 132 cm³/mol. The van der Waals surface area contributed by atoms with Gasteiger partial charge in [-0.2, -0.15) is 5.10 Å². The molecule has 10 heteroatoms. The summed E-state index contributed by atoms with van der Waals surface area (Å²) in [4.78, 5) is 22.4. The lowest BCUT2D eigenvalue weighted by atomic mass is 10.2. The van der Waals surface area contributed by atoms with E-state index in [9.17, 15) is 14.9 Å². The number of rotatable bonds is 9. The van der Waals surface area contributed by atoms with Gasteiger partial charge in [0.1, 0.15) is 6.61 Å². The number of non-ortho nitro benzene ring substituents is 1. The fourth-order valence-corrected chi connectivity index (χ4v) is 3.60. The highest BCUT2D eigenvalue weighted by Gasteiger charge is 2.13. The number of carbonyl (C=O) groups excluding carboxylic acids is 1. The minimum atomic E-state index is -0.528. The minimum absolute atomic E-state index is 0.0919. The zero-order valence-electron chi connectivity index (χ0n) is 17.5. The number of nitrogens with one attached hydrogen (secondary N) is 1. The van der Waals surface area contributed by atoms with Crippen molar-refractivity contribution < 1.29 is 19.2 Å². The molecule has 3 aromatic carbocycles. The molecular formula is C23H19Br2N3O5. The van der Waals surface area contributed by atoms with Crippen molar-refractivity contribution in [2.75, 3.05) is 6.61 Å².